The number of rotatable bonds is 10. The first kappa shape index (κ1) is 27.1. The summed E-state index contributed by atoms with van der Waals surface area (Å²) in [4.78, 5) is 31.0. The highest BCUT2D eigenvalue weighted by Crippen LogP contribution is 2.29. The number of fused-ring (bicyclic) bond motifs is 1. The van der Waals surface area contributed by atoms with Crippen LogP contribution in [0.15, 0.2) is 91.1 Å². The maximum Gasteiger partial charge on any atom is 0.298 e. The second-order valence-corrected chi connectivity index (χ2v) is 9.96. The number of amides is 1. The predicted molar refractivity (Wildman–Crippen MR) is 158 cm³/mol. The number of aromatic nitrogens is 2. The molecule has 0 saturated heterocycles. The van der Waals surface area contributed by atoms with Crippen molar-refractivity contribution in [2.45, 2.75) is 20.4 Å². The van der Waals surface area contributed by atoms with Crippen LogP contribution in [0, 0.1) is 13.8 Å². The van der Waals surface area contributed by atoms with Crippen molar-refractivity contribution >= 4 is 34.5 Å². The Balaban J connectivity index is 1.21. The molecular weight excluding hydrogens is 524 g/mol. The van der Waals surface area contributed by atoms with Crippen LogP contribution in [0.25, 0.3) is 16.6 Å². The molecule has 0 atom stereocenters. The zero-order valence-electron chi connectivity index (χ0n) is 22.3. The number of carbonyl (C=O) groups is 2. The van der Waals surface area contributed by atoms with E-state index in [2.05, 4.69) is 34.7 Å². The Morgan fingerprint density at radius 3 is 2.48 bits per heavy atom. The number of pyridine rings is 2. The maximum atomic E-state index is 13.4. The zero-order valence-corrected chi connectivity index (χ0v) is 23.0. The van der Waals surface area contributed by atoms with Crippen molar-refractivity contribution in [1.29, 1.82) is 0 Å². The Hall–Kier alpha value is -4.46. The fourth-order valence-electron chi connectivity index (χ4n) is 4.62. The Bertz CT molecular complexity index is 1640. The Morgan fingerprint density at radius 1 is 0.950 bits per heavy atom. The molecule has 0 aliphatic rings. The highest BCUT2D eigenvalue weighted by atomic mass is 35.5. The molecule has 0 aliphatic heterocycles. The predicted octanol–water partition coefficient (Wildman–Crippen LogP) is 6.26. The first-order valence-corrected chi connectivity index (χ1v) is 13.3. The molecule has 0 spiro atoms. The summed E-state index contributed by atoms with van der Waals surface area (Å²) in [6.07, 6.45) is 1.64. The molecule has 0 radical (unpaired) electrons. The average Bonchev–Trinajstić information content (AvgIpc) is 3.32. The van der Waals surface area contributed by atoms with Crippen LogP contribution in [-0.2, 0) is 11.3 Å². The third-order valence-corrected chi connectivity index (χ3v) is 6.58. The van der Waals surface area contributed by atoms with E-state index < -0.39 is 11.7 Å². The Labute approximate surface area is 237 Å². The van der Waals surface area contributed by atoms with Gasteiger partial charge in [-0.05, 0) is 79.6 Å². The summed E-state index contributed by atoms with van der Waals surface area (Å²) in [6.45, 7) is 5.84. The maximum absolute atomic E-state index is 13.4. The van der Waals surface area contributed by atoms with Gasteiger partial charge in [-0.1, -0.05) is 41.9 Å². The van der Waals surface area contributed by atoms with Gasteiger partial charge in [-0.25, -0.2) is 0 Å². The number of nitrogens with zero attached hydrogens (tertiary/aromatic N) is 2. The molecule has 2 aromatic carbocycles. The Kier molecular flexibility index (Phi) is 8.24. The number of nitrogens with one attached hydrogen (secondary N) is 2. The van der Waals surface area contributed by atoms with Gasteiger partial charge in [0, 0.05) is 41.7 Å². The van der Waals surface area contributed by atoms with Gasteiger partial charge in [-0.15, -0.1) is 0 Å². The number of hydrogen-bond donors (Lipinski definition) is 2. The molecule has 40 heavy (non-hydrogen) atoms. The molecule has 0 fully saturated rings. The molecule has 8 heteroatoms. The lowest BCUT2D eigenvalue weighted by Crippen LogP contribution is -2.24. The van der Waals surface area contributed by atoms with Gasteiger partial charge < -0.3 is 19.8 Å². The minimum absolute atomic E-state index is 0.254. The highest BCUT2D eigenvalue weighted by molar-refractivity contribution is 6.47. The summed E-state index contributed by atoms with van der Waals surface area (Å²) in [5.41, 5.74) is 6.20. The first-order chi connectivity index (χ1) is 19.4. The van der Waals surface area contributed by atoms with Crippen LogP contribution in [0.2, 0.25) is 5.02 Å². The van der Waals surface area contributed by atoms with Crippen LogP contribution in [0.3, 0.4) is 0 Å². The highest BCUT2D eigenvalue weighted by Gasteiger charge is 2.25. The van der Waals surface area contributed by atoms with Crippen LogP contribution in [0.4, 0.5) is 5.69 Å². The molecule has 2 N–H and O–H groups in total. The molecule has 0 unspecified atom stereocenters. The largest absolute Gasteiger partial charge is 0.492 e. The summed E-state index contributed by atoms with van der Waals surface area (Å²) in [6, 6.07) is 26.0. The van der Waals surface area contributed by atoms with E-state index in [4.69, 9.17) is 16.3 Å². The lowest BCUT2D eigenvalue weighted by atomic mass is 10.0. The molecule has 0 saturated carbocycles. The van der Waals surface area contributed by atoms with Crippen molar-refractivity contribution in [2.24, 2.45) is 0 Å². The smallest absolute Gasteiger partial charge is 0.298 e. The topological polar surface area (TPSA) is 84.7 Å². The lowest BCUT2D eigenvalue weighted by molar-refractivity contribution is -0.112. The van der Waals surface area contributed by atoms with Crippen LogP contribution < -0.4 is 15.4 Å². The summed E-state index contributed by atoms with van der Waals surface area (Å²) in [5.74, 6) is -0.741. The SMILES string of the molecule is Cc1cc(C)nc(CNCCOc2ccc(NC(=O)C(=O)c3c(-c4ccccc4)cc4ccc(Cl)cn34)cc2)c1. The summed E-state index contributed by atoms with van der Waals surface area (Å²) in [7, 11) is 0. The van der Waals surface area contributed by atoms with Gasteiger partial charge in [0.25, 0.3) is 11.7 Å². The van der Waals surface area contributed by atoms with Gasteiger partial charge in [0.1, 0.15) is 18.1 Å². The quantitative estimate of drug-likeness (QED) is 0.121. The van der Waals surface area contributed by atoms with E-state index in [0.717, 1.165) is 22.5 Å². The third-order valence-electron chi connectivity index (χ3n) is 6.35. The number of aryl methyl sites for hydroxylation is 2. The van der Waals surface area contributed by atoms with E-state index in [-0.39, 0.29) is 5.69 Å². The number of ether oxygens (including phenoxy) is 1. The molecule has 5 aromatic rings. The van der Waals surface area contributed by atoms with Crippen molar-refractivity contribution in [2.75, 3.05) is 18.5 Å². The second kappa shape index (κ2) is 12.2. The molecule has 3 heterocycles. The van der Waals surface area contributed by atoms with E-state index in [1.54, 1.807) is 40.9 Å². The van der Waals surface area contributed by atoms with Crippen molar-refractivity contribution in [3.8, 4) is 16.9 Å². The normalized spacial score (nSPS) is 11.0. The van der Waals surface area contributed by atoms with Gasteiger partial charge in [-0.3, -0.25) is 14.6 Å². The minimum atomic E-state index is -0.741. The second-order valence-electron chi connectivity index (χ2n) is 9.52. The van der Waals surface area contributed by atoms with Crippen molar-refractivity contribution < 1.29 is 14.3 Å². The monoisotopic (exact) mass is 552 g/mol. The zero-order chi connectivity index (χ0) is 28.1. The number of benzene rings is 2. The summed E-state index contributed by atoms with van der Waals surface area (Å²) in [5, 5.41) is 6.50. The van der Waals surface area contributed by atoms with Crippen LogP contribution in [-0.4, -0.2) is 34.2 Å². The third kappa shape index (κ3) is 6.39. The van der Waals surface area contributed by atoms with E-state index in [0.29, 0.717) is 41.7 Å². The molecule has 1 amide bonds. The van der Waals surface area contributed by atoms with E-state index in [9.17, 15) is 9.59 Å². The van der Waals surface area contributed by atoms with Gasteiger partial charge >= 0.3 is 0 Å². The van der Waals surface area contributed by atoms with Crippen LogP contribution >= 0.6 is 11.6 Å². The van der Waals surface area contributed by atoms with Crippen LogP contribution in [0.1, 0.15) is 27.4 Å². The molecule has 202 valence electrons. The van der Waals surface area contributed by atoms with Crippen molar-refractivity contribution in [3.05, 3.63) is 119 Å². The molecule has 0 aliphatic carbocycles. The van der Waals surface area contributed by atoms with Crippen LogP contribution in [0.5, 0.6) is 5.75 Å². The number of carbonyl (C=O) groups excluding carboxylic acids is 2. The number of anilines is 1. The van der Waals surface area contributed by atoms with E-state index >= 15 is 0 Å². The minimum Gasteiger partial charge on any atom is -0.492 e. The fraction of sp³-hybridized carbons (Fsp3) is 0.156. The number of halogens is 1. The molecule has 0 bridgehead atoms. The summed E-state index contributed by atoms with van der Waals surface area (Å²) < 4.78 is 7.46. The molecule has 7 nitrogen and oxygen atoms in total. The average molecular weight is 553 g/mol. The van der Waals surface area contributed by atoms with E-state index in [1.807, 2.05) is 49.4 Å². The molecule has 5 rings (SSSR count). The van der Waals surface area contributed by atoms with E-state index in [1.165, 1.54) is 5.56 Å². The number of hydrogen-bond acceptors (Lipinski definition) is 5. The molecule has 3 aromatic heterocycles. The van der Waals surface area contributed by atoms with Crippen molar-refractivity contribution in [1.82, 2.24) is 14.7 Å². The van der Waals surface area contributed by atoms with Crippen molar-refractivity contribution in [3.63, 3.8) is 0 Å². The fourth-order valence-corrected chi connectivity index (χ4v) is 4.78. The number of Topliss-reactive ketones (excluding diaryl/α,β-unsaturated/α-hetero) is 1. The van der Waals surface area contributed by atoms with Gasteiger partial charge in [0.2, 0.25) is 0 Å². The van der Waals surface area contributed by atoms with Gasteiger partial charge in [0.05, 0.1) is 10.7 Å². The standard InChI is InChI=1S/C32H29ClN4O3/c1-21-16-22(2)35-26(17-21)19-34-14-15-40-28-12-9-25(10-13-28)36-32(39)31(38)30-29(23-6-4-3-5-7-23)18-27-11-8-24(33)20-37(27)30/h3-13,16-18,20,34H,14-15,19H2,1-2H3,(H,36,39). The Morgan fingerprint density at radius 2 is 1.73 bits per heavy atom. The molecular formula is C32H29ClN4O3. The van der Waals surface area contributed by atoms with Gasteiger partial charge in [-0.2, -0.15) is 0 Å². The summed E-state index contributed by atoms with van der Waals surface area (Å²) >= 11 is 6.22. The number of ketones is 1. The lowest BCUT2D eigenvalue weighted by Gasteiger charge is -2.10. The van der Waals surface area contributed by atoms with Gasteiger partial charge in [0.15, 0.2) is 0 Å². The first-order valence-electron chi connectivity index (χ1n) is 13.0.